The fourth-order valence-corrected chi connectivity index (χ4v) is 3.35. The van der Waals surface area contributed by atoms with Gasteiger partial charge in [-0.25, -0.2) is 0 Å². The van der Waals surface area contributed by atoms with Gasteiger partial charge in [-0.3, -0.25) is 9.59 Å². The van der Waals surface area contributed by atoms with Gasteiger partial charge in [-0.15, -0.1) is 0 Å². The highest BCUT2D eigenvalue weighted by Gasteiger charge is 2.56. The van der Waals surface area contributed by atoms with Gasteiger partial charge in [0.1, 0.15) is 12.2 Å². The van der Waals surface area contributed by atoms with Gasteiger partial charge in [0.15, 0.2) is 5.79 Å². The number of nitrogens with one attached hydrogen (secondary N) is 1. The van der Waals surface area contributed by atoms with Crippen molar-refractivity contribution in [3.05, 3.63) is 35.9 Å². The monoisotopic (exact) mass is 319 g/mol. The maximum atomic E-state index is 12.4. The number of fused-ring (bicyclic) bond motifs is 1. The molecule has 0 aromatic heterocycles. The molecule has 1 amide bonds. The van der Waals surface area contributed by atoms with Crippen molar-refractivity contribution in [1.29, 1.82) is 0 Å². The standard InChI is InChI=1S/C17H21NO5/c1-17(2)22-13-11(16(20)21-3)9-12(14(13)23-17)18-15(19)10-7-5-4-6-8-10/h4-8,11-14H,9H2,1-3H3,(H,18,19)/t11?,12-,13+,14-/m1/s1. The Morgan fingerprint density at radius 3 is 2.48 bits per heavy atom. The number of ether oxygens (including phenoxy) is 3. The second kappa shape index (κ2) is 5.94. The molecule has 2 aliphatic rings. The van der Waals surface area contributed by atoms with Crippen LogP contribution in [0.25, 0.3) is 0 Å². The summed E-state index contributed by atoms with van der Waals surface area (Å²) < 4.78 is 16.6. The molecule has 6 heteroatoms. The molecule has 1 aliphatic carbocycles. The molecule has 124 valence electrons. The molecule has 1 aromatic rings. The van der Waals surface area contributed by atoms with Crippen LogP contribution in [-0.4, -0.2) is 43.0 Å². The number of carbonyl (C=O) groups is 2. The van der Waals surface area contributed by atoms with Crippen molar-refractivity contribution in [2.75, 3.05) is 7.11 Å². The average Bonchev–Trinajstić information content (AvgIpc) is 3.01. The lowest BCUT2D eigenvalue weighted by Gasteiger charge is -2.23. The van der Waals surface area contributed by atoms with E-state index in [9.17, 15) is 9.59 Å². The highest BCUT2D eigenvalue weighted by molar-refractivity contribution is 5.94. The Bertz CT molecular complexity index is 600. The van der Waals surface area contributed by atoms with Gasteiger partial charge in [0.25, 0.3) is 5.91 Å². The van der Waals surface area contributed by atoms with Crippen LogP contribution in [0.3, 0.4) is 0 Å². The quantitative estimate of drug-likeness (QED) is 0.855. The molecule has 4 atom stereocenters. The molecule has 1 unspecified atom stereocenters. The van der Waals surface area contributed by atoms with Gasteiger partial charge in [-0.2, -0.15) is 0 Å². The maximum Gasteiger partial charge on any atom is 0.311 e. The van der Waals surface area contributed by atoms with Gasteiger partial charge in [-0.1, -0.05) is 18.2 Å². The summed E-state index contributed by atoms with van der Waals surface area (Å²) in [6.45, 7) is 3.60. The zero-order valence-electron chi connectivity index (χ0n) is 13.4. The van der Waals surface area contributed by atoms with Crippen LogP contribution in [-0.2, 0) is 19.0 Å². The van der Waals surface area contributed by atoms with Crippen LogP contribution in [0, 0.1) is 5.92 Å². The number of esters is 1. The lowest BCUT2D eigenvalue weighted by Crippen LogP contribution is -2.43. The topological polar surface area (TPSA) is 73.9 Å². The first-order chi connectivity index (χ1) is 10.9. The number of hydrogen-bond donors (Lipinski definition) is 1. The van der Waals surface area contributed by atoms with Gasteiger partial charge in [0.05, 0.1) is 19.1 Å². The molecule has 1 saturated heterocycles. The van der Waals surface area contributed by atoms with Crippen molar-refractivity contribution in [3.8, 4) is 0 Å². The molecule has 1 aliphatic heterocycles. The van der Waals surface area contributed by atoms with Gasteiger partial charge in [0, 0.05) is 5.56 Å². The van der Waals surface area contributed by atoms with Crippen LogP contribution >= 0.6 is 0 Å². The second-order valence-electron chi connectivity index (χ2n) is 6.38. The SMILES string of the molecule is COC(=O)C1C[C@@H](NC(=O)c2ccccc2)[C@H]2OC(C)(C)O[C@@H]12. The molecule has 1 saturated carbocycles. The Balaban J connectivity index is 1.77. The van der Waals surface area contributed by atoms with E-state index < -0.39 is 17.8 Å². The summed E-state index contributed by atoms with van der Waals surface area (Å²) in [5.74, 6) is -1.74. The third-order valence-electron chi connectivity index (χ3n) is 4.32. The number of amides is 1. The van der Waals surface area contributed by atoms with E-state index in [2.05, 4.69) is 5.32 Å². The highest BCUT2D eigenvalue weighted by Crippen LogP contribution is 2.42. The minimum atomic E-state index is -0.780. The normalized spacial score (nSPS) is 31.4. The predicted octanol–water partition coefficient (Wildman–Crippen LogP) is 1.50. The summed E-state index contributed by atoms with van der Waals surface area (Å²) in [4.78, 5) is 24.4. The van der Waals surface area contributed by atoms with E-state index in [1.165, 1.54) is 7.11 Å². The molecular weight excluding hydrogens is 298 g/mol. The first-order valence-electron chi connectivity index (χ1n) is 7.70. The van der Waals surface area contributed by atoms with E-state index in [0.717, 1.165) is 0 Å². The predicted molar refractivity (Wildman–Crippen MR) is 81.6 cm³/mol. The molecule has 0 spiro atoms. The largest absolute Gasteiger partial charge is 0.469 e. The van der Waals surface area contributed by atoms with Crippen molar-refractivity contribution < 1.29 is 23.8 Å². The minimum Gasteiger partial charge on any atom is -0.469 e. The summed E-state index contributed by atoms with van der Waals surface area (Å²) in [7, 11) is 1.36. The number of methoxy groups -OCH3 is 1. The Kier molecular flexibility index (Phi) is 4.12. The van der Waals surface area contributed by atoms with E-state index in [0.29, 0.717) is 12.0 Å². The smallest absolute Gasteiger partial charge is 0.311 e. The van der Waals surface area contributed by atoms with Crippen molar-refractivity contribution in [2.45, 2.75) is 44.3 Å². The molecule has 0 bridgehead atoms. The van der Waals surface area contributed by atoms with Gasteiger partial charge in [-0.05, 0) is 32.4 Å². The number of rotatable bonds is 3. The summed E-state index contributed by atoms with van der Waals surface area (Å²) in [6.07, 6.45) is -0.322. The van der Waals surface area contributed by atoms with Crippen LogP contribution in [0.5, 0.6) is 0 Å². The molecule has 1 heterocycles. The first-order valence-corrected chi connectivity index (χ1v) is 7.70. The van der Waals surface area contributed by atoms with E-state index in [1.807, 2.05) is 18.2 Å². The Morgan fingerprint density at radius 2 is 1.83 bits per heavy atom. The lowest BCUT2D eigenvalue weighted by atomic mass is 10.1. The fraction of sp³-hybridized carbons (Fsp3) is 0.529. The Morgan fingerprint density at radius 1 is 1.17 bits per heavy atom. The van der Waals surface area contributed by atoms with E-state index in [1.54, 1.807) is 26.0 Å². The molecule has 3 rings (SSSR count). The van der Waals surface area contributed by atoms with E-state index >= 15 is 0 Å². The highest BCUT2D eigenvalue weighted by atomic mass is 16.8. The van der Waals surface area contributed by atoms with Crippen LogP contribution < -0.4 is 5.32 Å². The second-order valence-corrected chi connectivity index (χ2v) is 6.38. The minimum absolute atomic E-state index is 0.187. The van der Waals surface area contributed by atoms with Gasteiger partial charge in [0.2, 0.25) is 0 Å². The summed E-state index contributed by atoms with van der Waals surface area (Å²) in [5.41, 5.74) is 0.573. The summed E-state index contributed by atoms with van der Waals surface area (Å²) in [5, 5.41) is 2.96. The van der Waals surface area contributed by atoms with Crippen molar-refractivity contribution in [2.24, 2.45) is 5.92 Å². The van der Waals surface area contributed by atoms with Crippen molar-refractivity contribution >= 4 is 11.9 Å². The third kappa shape index (κ3) is 3.09. The summed E-state index contributed by atoms with van der Waals surface area (Å²) in [6, 6.07) is 8.67. The van der Waals surface area contributed by atoms with Gasteiger partial charge >= 0.3 is 5.97 Å². The lowest BCUT2D eigenvalue weighted by molar-refractivity contribution is -0.168. The number of hydrogen-bond acceptors (Lipinski definition) is 5. The van der Waals surface area contributed by atoms with Crippen LogP contribution in [0.15, 0.2) is 30.3 Å². The molecular formula is C17H21NO5. The van der Waals surface area contributed by atoms with Crippen LogP contribution in [0.2, 0.25) is 0 Å². The van der Waals surface area contributed by atoms with E-state index in [-0.39, 0.29) is 24.0 Å². The maximum absolute atomic E-state index is 12.4. The molecule has 2 fully saturated rings. The van der Waals surface area contributed by atoms with Gasteiger partial charge < -0.3 is 19.5 Å². The fourth-order valence-electron chi connectivity index (χ4n) is 3.35. The zero-order valence-corrected chi connectivity index (χ0v) is 13.4. The molecule has 6 nitrogen and oxygen atoms in total. The number of carbonyl (C=O) groups excluding carboxylic acids is 2. The summed E-state index contributed by atoms with van der Waals surface area (Å²) >= 11 is 0. The average molecular weight is 319 g/mol. The molecule has 1 aromatic carbocycles. The Labute approximate surface area is 135 Å². The number of benzene rings is 1. The molecule has 1 N–H and O–H groups in total. The van der Waals surface area contributed by atoms with Crippen molar-refractivity contribution in [1.82, 2.24) is 5.32 Å². The Hall–Kier alpha value is -1.92. The molecule has 0 radical (unpaired) electrons. The molecule has 23 heavy (non-hydrogen) atoms. The van der Waals surface area contributed by atoms with Crippen molar-refractivity contribution in [3.63, 3.8) is 0 Å². The zero-order chi connectivity index (χ0) is 16.6. The third-order valence-corrected chi connectivity index (χ3v) is 4.32. The van der Waals surface area contributed by atoms with Crippen LogP contribution in [0.4, 0.5) is 0 Å². The first kappa shape index (κ1) is 16.0. The van der Waals surface area contributed by atoms with E-state index in [4.69, 9.17) is 14.2 Å². The van der Waals surface area contributed by atoms with Crippen LogP contribution in [0.1, 0.15) is 30.6 Å².